The Hall–Kier alpha value is -1.88. The number of Topliss-reactive ketones (excluding diaryl/α,β-unsaturated/α-hetero) is 1. The summed E-state index contributed by atoms with van der Waals surface area (Å²) in [5.74, 6) is 0.696. The fourth-order valence-electron chi connectivity index (χ4n) is 1.82. The van der Waals surface area contributed by atoms with Crippen LogP contribution in [0.1, 0.15) is 34.2 Å². The minimum absolute atomic E-state index is 0.0149. The lowest BCUT2D eigenvalue weighted by Gasteiger charge is -2.06. The maximum absolute atomic E-state index is 11.4. The van der Waals surface area contributed by atoms with Crippen LogP contribution in [0.4, 0.5) is 0 Å². The number of phenols is 1. The Morgan fingerprint density at radius 1 is 1.20 bits per heavy atom. The van der Waals surface area contributed by atoms with Gasteiger partial charge in [-0.1, -0.05) is 11.8 Å². The summed E-state index contributed by atoms with van der Waals surface area (Å²) in [7, 11) is 0. The minimum atomic E-state index is -0.0149. The molecule has 0 saturated heterocycles. The molecule has 2 rings (SSSR count). The van der Waals surface area contributed by atoms with Gasteiger partial charge in [-0.05, 0) is 45.0 Å². The van der Waals surface area contributed by atoms with E-state index in [0.717, 1.165) is 11.4 Å². The normalized spacial score (nSPS) is 10.6. The molecule has 104 valence electrons. The van der Waals surface area contributed by atoms with E-state index >= 15 is 0 Å². The van der Waals surface area contributed by atoms with Crippen molar-refractivity contribution in [3.63, 3.8) is 0 Å². The third-order valence-corrected chi connectivity index (χ3v) is 3.70. The van der Waals surface area contributed by atoms with E-state index < -0.39 is 0 Å². The van der Waals surface area contributed by atoms with E-state index in [0.29, 0.717) is 22.0 Å². The monoisotopic (exact) mass is 288 g/mol. The lowest BCUT2D eigenvalue weighted by Crippen LogP contribution is -1.96. The van der Waals surface area contributed by atoms with E-state index in [4.69, 9.17) is 0 Å². The number of hydrogen-bond acceptors (Lipinski definition) is 5. The fourth-order valence-corrected chi connectivity index (χ4v) is 2.75. The summed E-state index contributed by atoms with van der Waals surface area (Å²) in [4.78, 5) is 20.0. The molecule has 0 unspecified atom stereocenters. The van der Waals surface area contributed by atoms with E-state index in [2.05, 4.69) is 9.97 Å². The number of carbonyl (C=O) groups is 1. The van der Waals surface area contributed by atoms with Crippen molar-refractivity contribution in [2.24, 2.45) is 0 Å². The van der Waals surface area contributed by atoms with Crippen molar-refractivity contribution in [3.8, 4) is 5.75 Å². The van der Waals surface area contributed by atoms with Gasteiger partial charge in [0.15, 0.2) is 10.9 Å². The highest BCUT2D eigenvalue weighted by Crippen LogP contribution is 2.26. The fraction of sp³-hybridized carbons (Fsp3) is 0.267. The van der Waals surface area contributed by atoms with Gasteiger partial charge in [-0.3, -0.25) is 4.79 Å². The number of hydrogen-bond donors (Lipinski definition) is 1. The molecule has 0 aliphatic carbocycles. The van der Waals surface area contributed by atoms with Crippen LogP contribution in [0, 0.1) is 13.8 Å². The Balaban J connectivity index is 2.18. The van der Waals surface area contributed by atoms with Gasteiger partial charge in [0.25, 0.3) is 0 Å². The van der Waals surface area contributed by atoms with E-state index in [1.807, 2.05) is 19.9 Å². The molecule has 5 heteroatoms. The van der Waals surface area contributed by atoms with Crippen LogP contribution in [0.15, 0.2) is 29.4 Å². The van der Waals surface area contributed by atoms with Gasteiger partial charge in [0, 0.05) is 28.3 Å². The van der Waals surface area contributed by atoms with Gasteiger partial charge in [0.2, 0.25) is 0 Å². The van der Waals surface area contributed by atoms with Crippen LogP contribution < -0.4 is 0 Å². The van der Waals surface area contributed by atoms with Crippen molar-refractivity contribution in [2.45, 2.75) is 31.7 Å². The Morgan fingerprint density at radius 2 is 1.85 bits per heavy atom. The number of ketones is 1. The molecular weight excluding hydrogens is 272 g/mol. The Kier molecular flexibility index (Phi) is 4.39. The Morgan fingerprint density at radius 3 is 2.45 bits per heavy atom. The average Bonchev–Trinajstić information content (AvgIpc) is 2.36. The van der Waals surface area contributed by atoms with E-state index in [1.54, 1.807) is 18.2 Å². The summed E-state index contributed by atoms with van der Waals surface area (Å²) in [6.45, 7) is 5.36. The second kappa shape index (κ2) is 6.05. The van der Waals surface area contributed by atoms with E-state index in [1.165, 1.54) is 18.7 Å². The quantitative estimate of drug-likeness (QED) is 0.531. The summed E-state index contributed by atoms with van der Waals surface area (Å²) < 4.78 is 0. The molecule has 1 aromatic heterocycles. The number of carbonyl (C=O) groups excluding carboxylic acids is 1. The maximum atomic E-state index is 11.4. The molecule has 0 aliphatic rings. The number of thioether (sulfide) groups is 1. The number of aryl methyl sites for hydroxylation is 2. The third-order valence-electron chi connectivity index (χ3n) is 2.80. The number of rotatable bonds is 4. The van der Waals surface area contributed by atoms with Gasteiger partial charge in [0.05, 0.1) is 0 Å². The second-order valence-corrected chi connectivity index (χ2v) is 5.56. The van der Waals surface area contributed by atoms with Crippen molar-refractivity contribution in [1.82, 2.24) is 9.97 Å². The third kappa shape index (κ3) is 3.57. The van der Waals surface area contributed by atoms with Crippen LogP contribution in [0.3, 0.4) is 0 Å². The first-order chi connectivity index (χ1) is 9.45. The van der Waals surface area contributed by atoms with E-state index in [-0.39, 0.29) is 11.5 Å². The largest absolute Gasteiger partial charge is 0.508 e. The topological polar surface area (TPSA) is 63.1 Å². The molecule has 0 bridgehead atoms. The highest BCUT2D eigenvalue weighted by molar-refractivity contribution is 7.98. The average molecular weight is 288 g/mol. The molecule has 0 saturated carbocycles. The predicted octanol–water partition coefficient (Wildman–Crippen LogP) is 3.29. The first-order valence-electron chi connectivity index (χ1n) is 6.23. The molecule has 1 heterocycles. The summed E-state index contributed by atoms with van der Waals surface area (Å²) >= 11 is 1.44. The van der Waals surface area contributed by atoms with Crippen molar-refractivity contribution >= 4 is 17.5 Å². The SMILES string of the molecule is CC(=O)c1ccc(O)c(CSc2nc(C)cc(C)n2)c1. The molecule has 0 aliphatic heterocycles. The molecule has 1 aromatic carbocycles. The first-order valence-corrected chi connectivity index (χ1v) is 7.22. The molecule has 0 spiro atoms. The Labute approximate surface area is 122 Å². The van der Waals surface area contributed by atoms with Gasteiger partial charge in [0.1, 0.15) is 5.75 Å². The minimum Gasteiger partial charge on any atom is -0.508 e. The van der Waals surface area contributed by atoms with Crippen LogP contribution in [0.5, 0.6) is 5.75 Å². The number of benzene rings is 1. The molecular formula is C15H16N2O2S. The molecule has 0 radical (unpaired) electrons. The summed E-state index contributed by atoms with van der Waals surface area (Å²) in [5.41, 5.74) is 3.15. The van der Waals surface area contributed by atoms with Crippen LogP contribution in [-0.2, 0) is 5.75 Å². The molecule has 20 heavy (non-hydrogen) atoms. The van der Waals surface area contributed by atoms with Gasteiger partial charge < -0.3 is 5.11 Å². The molecule has 2 aromatic rings. The molecule has 0 amide bonds. The smallest absolute Gasteiger partial charge is 0.188 e. The number of aromatic hydroxyl groups is 1. The lowest BCUT2D eigenvalue weighted by atomic mass is 10.1. The maximum Gasteiger partial charge on any atom is 0.188 e. The van der Waals surface area contributed by atoms with Gasteiger partial charge in [-0.15, -0.1) is 0 Å². The van der Waals surface area contributed by atoms with Crippen LogP contribution in [0.2, 0.25) is 0 Å². The summed E-state index contributed by atoms with van der Waals surface area (Å²) in [6, 6.07) is 6.80. The molecule has 0 fully saturated rings. The van der Waals surface area contributed by atoms with Gasteiger partial charge >= 0.3 is 0 Å². The standard InChI is InChI=1S/C15H16N2O2S/c1-9-6-10(2)17-15(16-9)20-8-13-7-12(11(3)18)4-5-14(13)19/h4-7,19H,8H2,1-3H3. The number of nitrogens with zero attached hydrogens (tertiary/aromatic N) is 2. The van der Waals surface area contributed by atoms with Gasteiger partial charge in [-0.2, -0.15) is 0 Å². The van der Waals surface area contributed by atoms with Crippen LogP contribution >= 0.6 is 11.8 Å². The first kappa shape index (κ1) is 14.5. The van der Waals surface area contributed by atoms with Crippen molar-refractivity contribution in [2.75, 3.05) is 0 Å². The predicted molar refractivity (Wildman–Crippen MR) is 79.2 cm³/mol. The second-order valence-electron chi connectivity index (χ2n) is 4.62. The van der Waals surface area contributed by atoms with Crippen LogP contribution in [-0.4, -0.2) is 20.9 Å². The van der Waals surface area contributed by atoms with Crippen molar-refractivity contribution in [3.05, 3.63) is 46.8 Å². The zero-order chi connectivity index (χ0) is 14.7. The Bertz CT molecular complexity index is 636. The van der Waals surface area contributed by atoms with Crippen molar-refractivity contribution < 1.29 is 9.90 Å². The van der Waals surface area contributed by atoms with Gasteiger partial charge in [-0.25, -0.2) is 9.97 Å². The summed E-state index contributed by atoms with van der Waals surface area (Å²) in [6.07, 6.45) is 0. The van der Waals surface area contributed by atoms with Crippen molar-refractivity contribution in [1.29, 1.82) is 0 Å². The number of phenolic OH excluding ortho intramolecular Hbond substituents is 1. The lowest BCUT2D eigenvalue weighted by molar-refractivity contribution is 0.101. The molecule has 4 nitrogen and oxygen atoms in total. The summed E-state index contributed by atoms with van der Waals surface area (Å²) in [5, 5.41) is 10.5. The van der Waals surface area contributed by atoms with Crippen LogP contribution in [0.25, 0.3) is 0 Å². The zero-order valence-corrected chi connectivity index (χ0v) is 12.5. The molecule has 1 N–H and O–H groups in total. The number of aromatic nitrogens is 2. The highest BCUT2D eigenvalue weighted by atomic mass is 32.2. The zero-order valence-electron chi connectivity index (χ0n) is 11.7. The highest BCUT2D eigenvalue weighted by Gasteiger charge is 2.08. The van der Waals surface area contributed by atoms with E-state index in [9.17, 15) is 9.90 Å². The molecule has 0 atom stereocenters.